The average molecular weight is 212 g/mol. The van der Waals surface area contributed by atoms with Crippen LogP contribution in [0.5, 0.6) is 0 Å². The van der Waals surface area contributed by atoms with E-state index in [9.17, 15) is 9.18 Å². The first-order chi connectivity index (χ1) is 6.68. The molecule has 0 atom stereocenters. The third-order valence-electron chi connectivity index (χ3n) is 1.69. The van der Waals surface area contributed by atoms with Gasteiger partial charge in [0.2, 0.25) is 0 Å². The molecular weight excluding hydrogens is 207 g/mol. The van der Waals surface area contributed by atoms with E-state index in [0.717, 1.165) is 17.5 Å². The topological polar surface area (TPSA) is 66.0 Å². The molecule has 72 valence electrons. The zero-order valence-electron chi connectivity index (χ0n) is 6.82. The first kappa shape index (κ1) is 8.89. The second-order valence-corrected chi connectivity index (χ2v) is 3.51. The largest absolute Gasteiger partial charge is 0.477 e. The summed E-state index contributed by atoms with van der Waals surface area (Å²) in [4.78, 5) is 10.7. The second kappa shape index (κ2) is 3.22. The van der Waals surface area contributed by atoms with Gasteiger partial charge in [-0.2, -0.15) is 5.10 Å². The standard InChI is InChI=1S/C8H5FN2O2S/c9-5-2-10-11-7(5)4-1-6(8(12)13)14-3-4/h1-3H,(H,10,11)(H,12,13). The highest BCUT2D eigenvalue weighted by molar-refractivity contribution is 7.12. The van der Waals surface area contributed by atoms with E-state index < -0.39 is 11.8 Å². The van der Waals surface area contributed by atoms with Gasteiger partial charge < -0.3 is 5.11 Å². The second-order valence-electron chi connectivity index (χ2n) is 2.60. The van der Waals surface area contributed by atoms with Crippen LogP contribution in [0.25, 0.3) is 11.3 Å². The van der Waals surface area contributed by atoms with Gasteiger partial charge in [0.1, 0.15) is 10.6 Å². The predicted octanol–water partition coefficient (Wildman–Crippen LogP) is 1.98. The normalized spacial score (nSPS) is 10.4. The molecule has 2 N–H and O–H groups in total. The minimum absolute atomic E-state index is 0.175. The third-order valence-corrected chi connectivity index (χ3v) is 2.61. The lowest BCUT2D eigenvalue weighted by Crippen LogP contribution is -1.90. The number of aromatic carboxylic acids is 1. The number of carboxylic acids is 1. The molecule has 0 radical (unpaired) electrons. The van der Waals surface area contributed by atoms with Gasteiger partial charge in [-0.3, -0.25) is 5.10 Å². The Bertz CT molecular complexity index is 477. The minimum Gasteiger partial charge on any atom is -0.477 e. The van der Waals surface area contributed by atoms with E-state index in [4.69, 9.17) is 5.11 Å². The summed E-state index contributed by atoms with van der Waals surface area (Å²) in [5.74, 6) is -1.50. The summed E-state index contributed by atoms with van der Waals surface area (Å²) in [7, 11) is 0. The van der Waals surface area contributed by atoms with Crippen molar-refractivity contribution in [3.8, 4) is 11.3 Å². The zero-order chi connectivity index (χ0) is 10.1. The quantitative estimate of drug-likeness (QED) is 0.799. The summed E-state index contributed by atoms with van der Waals surface area (Å²) < 4.78 is 13.0. The van der Waals surface area contributed by atoms with Crippen LogP contribution in [0, 0.1) is 5.82 Å². The summed E-state index contributed by atoms with van der Waals surface area (Å²) in [5.41, 5.74) is 0.719. The molecule has 2 rings (SSSR count). The molecule has 0 saturated heterocycles. The zero-order valence-corrected chi connectivity index (χ0v) is 7.64. The Labute approximate surface area is 82.0 Å². The number of nitrogens with zero attached hydrogens (tertiary/aromatic N) is 1. The molecule has 2 aromatic heterocycles. The molecule has 0 unspecified atom stereocenters. The van der Waals surface area contributed by atoms with E-state index in [2.05, 4.69) is 10.2 Å². The maximum atomic E-state index is 13.0. The van der Waals surface area contributed by atoms with Crippen molar-refractivity contribution in [1.82, 2.24) is 10.2 Å². The summed E-state index contributed by atoms with van der Waals surface area (Å²) >= 11 is 1.05. The molecule has 2 aromatic rings. The predicted molar refractivity (Wildman–Crippen MR) is 48.8 cm³/mol. The van der Waals surface area contributed by atoms with Crippen LogP contribution < -0.4 is 0 Å². The molecule has 2 heterocycles. The van der Waals surface area contributed by atoms with E-state index in [1.54, 1.807) is 5.38 Å². The number of rotatable bonds is 2. The van der Waals surface area contributed by atoms with Gasteiger partial charge in [-0.05, 0) is 6.07 Å². The Hall–Kier alpha value is -1.69. The van der Waals surface area contributed by atoms with Gasteiger partial charge in [-0.1, -0.05) is 0 Å². The molecule has 0 aliphatic heterocycles. The number of thiophene rings is 1. The number of aromatic amines is 1. The smallest absolute Gasteiger partial charge is 0.345 e. The first-order valence-corrected chi connectivity index (χ1v) is 4.57. The number of carbonyl (C=O) groups is 1. The number of aromatic nitrogens is 2. The molecule has 0 saturated carbocycles. The van der Waals surface area contributed by atoms with Gasteiger partial charge >= 0.3 is 5.97 Å². The molecular formula is C8H5FN2O2S. The van der Waals surface area contributed by atoms with Crippen molar-refractivity contribution in [2.24, 2.45) is 0 Å². The fourth-order valence-electron chi connectivity index (χ4n) is 1.05. The Balaban J connectivity index is 2.43. The van der Waals surface area contributed by atoms with Crippen LogP contribution in [-0.2, 0) is 0 Å². The van der Waals surface area contributed by atoms with Gasteiger partial charge in [0.15, 0.2) is 5.82 Å². The van der Waals surface area contributed by atoms with Crippen molar-refractivity contribution in [3.63, 3.8) is 0 Å². The van der Waals surface area contributed by atoms with Crippen LogP contribution in [0.2, 0.25) is 0 Å². The van der Waals surface area contributed by atoms with Crippen molar-refractivity contribution in [2.75, 3.05) is 0 Å². The highest BCUT2D eigenvalue weighted by Gasteiger charge is 2.12. The average Bonchev–Trinajstić information content (AvgIpc) is 2.71. The van der Waals surface area contributed by atoms with Crippen LogP contribution in [0.4, 0.5) is 4.39 Å². The minimum atomic E-state index is -1.01. The Morgan fingerprint density at radius 2 is 2.43 bits per heavy atom. The summed E-state index contributed by atoms with van der Waals surface area (Å²) in [6.07, 6.45) is 1.05. The van der Waals surface area contributed by atoms with E-state index in [1.807, 2.05) is 0 Å². The molecule has 0 aromatic carbocycles. The van der Waals surface area contributed by atoms with Crippen molar-refractivity contribution < 1.29 is 14.3 Å². The van der Waals surface area contributed by atoms with Crippen LogP contribution in [-0.4, -0.2) is 21.3 Å². The Morgan fingerprint density at radius 3 is 2.93 bits per heavy atom. The lowest BCUT2D eigenvalue weighted by molar-refractivity contribution is 0.0702. The third kappa shape index (κ3) is 1.39. The van der Waals surface area contributed by atoms with E-state index in [0.29, 0.717) is 5.56 Å². The molecule has 14 heavy (non-hydrogen) atoms. The number of halogens is 1. The number of hydrogen-bond acceptors (Lipinski definition) is 3. The van der Waals surface area contributed by atoms with Crippen LogP contribution in [0.1, 0.15) is 9.67 Å². The van der Waals surface area contributed by atoms with E-state index >= 15 is 0 Å². The summed E-state index contributed by atoms with van der Waals surface area (Å²) in [6.45, 7) is 0. The number of hydrogen-bond donors (Lipinski definition) is 2. The molecule has 0 fully saturated rings. The van der Waals surface area contributed by atoms with Crippen molar-refractivity contribution in [3.05, 3.63) is 28.3 Å². The first-order valence-electron chi connectivity index (χ1n) is 3.69. The lowest BCUT2D eigenvalue weighted by atomic mass is 10.2. The number of H-pyrrole nitrogens is 1. The monoisotopic (exact) mass is 212 g/mol. The van der Waals surface area contributed by atoms with Crippen molar-refractivity contribution >= 4 is 17.3 Å². The highest BCUT2D eigenvalue weighted by atomic mass is 32.1. The molecule has 0 bridgehead atoms. The molecule has 0 amide bonds. The van der Waals surface area contributed by atoms with Crippen LogP contribution >= 0.6 is 11.3 Å². The van der Waals surface area contributed by atoms with Crippen molar-refractivity contribution in [2.45, 2.75) is 0 Å². The summed E-state index contributed by atoms with van der Waals surface area (Å²) in [5, 5.41) is 16.2. The SMILES string of the molecule is O=C(O)c1cc(-c2[nH]ncc2F)cs1. The van der Waals surface area contributed by atoms with Gasteiger partial charge in [-0.25, -0.2) is 9.18 Å². The van der Waals surface area contributed by atoms with E-state index in [-0.39, 0.29) is 10.6 Å². The molecule has 0 aliphatic carbocycles. The van der Waals surface area contributed by atoms with Crippen LogP contribution in [0.15, 0.2) is 17.6 Å². The maximum absolute atomic E-state index is 13.0. The Kier molecular flexibility index (Phi) is 2.05. The Morgan fingerprint density at radius 1 is 1.64 bits per heavy atom. The van der Waals surface area contributed by atoms with Gasteiger partial charge in [0.25, 0.3) is 0 Å². The van der Waals surface area contributed by atoms with Gasteiger partial charge in [0, 0.05) is 10.9 Å². The van der Waals surface area contributed by atoms with Crippen molar-refractivity contribution in [1.29, 1.82) is 0 Å². The fourth-order valence-corrected chi connectivity index (χ4v) is 1.79. The fraction of sp³-hybridized carbons (Fsp3) is 0. The molecule has 0 spiro atoms. The summed E-state index contributed by atoms with van der Waals surface area (Å²) in [6, 6.07) is 1.41. The number of nitrogens with one attached hydrogen (secondary N) is 1. The van der Waals surface area contributed by atoms with Crippen LogP contribution in [0.3, 0.4) is 0 Å². The van der Waals surface area contributed by atoms with E-state index in [1.165, 1.54) is 6.07 Å². The maximum Gasteiger partial charge on any atom is 0.345 e. The number of carboxylic acid groups (broad SMARTS) is 1. The van der Waals surface area contributed by atoms with Gasteiger partial charge in [-0.15, -0.1) is 11.3 Å². The molecule has 4 nitrogen and oxygen atoms in total. The molecule has 0 aliphatic rings. The highest BCUT2D eigenvalue weighted by Crippen LogP contribution is 2.25. The van der Waals surface area contributed by atoms with Gasteiger partial charge in [0.05, 0.1) is 6.20 Å². The lowest BCUT2D eigenvalue weighted by Gasteiger charge is -1.89. The molecule has 6 heteroatoms.